The highest BCUT2D eigenvalue weighted by Crippen LogP contribution is 2.17. The maximum absolute atomic E-state index is 5.78. The number of nitrogens with one attached hydrogen (secondary N) is 1. The van der Waals surface area contributed by atoms with Crippen LogP contribution in [-0.4, -0.2) is 15.1 Å². The lowest BCUT2D eigenvalue weighted by molar-refractivity contribution is 0.392. The molecule has 0 aliphatic heterocycles. The zero-order chi connectivity index (χ0) is 14.0. The summed E-state index contributed by atoms with van der Waals surface area (Å²) in [5.41, 5.74) is 7.71. The first-order valence-corrected chi connectivity index (χ1v) is 6.27. The van der Waals surface area contributed by atoms with E-state index in [2.05, 4.69) is 20.4 Å². The van der Waals surface area contributed by atoms with Crippen LogP contribution in [0.4, 0.5) is 11.6 Å². The fraction of sp³-hybridized carbons (Fsp3) is 0.462. The second kappa shape index (κ2) is 5.26. The normalized spacial score (nSPS) is 11.0. The summed E-state index contributed by atoms with van der Waals surface area (Å²) in [6.45, 7) is 8.49. The Bertz CT molecular complexity index is 557. The molecule has 0 radical (unpaired) electrons. The number of hydrogen-bond donors (Lipinski definition) is 2. The fourth-order valence-electron chi connectivity index (χ4n) is 1.77. The van der Waals surface area contributed by atoms with E-state index in [1.165, 1.54) is 0 Å². The van der Waals surface area contributed by atoms with Crippen molar-refractivity contribution in [2.45, 2.75) is 40.2 Å². The number of rotatable bonds is 4. The van der Waals surface area contributed by atoms with Crippen LogP contribution in [0.3, 0.4) is 0 Å². The molecule has 2 heterocycles. The molecule has 2 rings (SSSR count). The van der Waals surface area contributed by atoms with Gasteiger partial charge in [-0.3, -0.25) is 0 Å². The second-order valence-corrected chi connectivity index (χ2v) is 4.85. The van der Waals surface area contributed by atoms with Crippen LogP contribution in [0.5, 0.6) is 0 Å². The molecule has 0 saturated carbocycles. The van der Waals surface area contributed by atoms with Gasteiger partial charge in [0.15, 0.2) is 0 Å². The van der Waals surface area contributed by atoms with Crippen molar-refractivity contribution in [2.24, 2.45) is 0 Å². The van der Waals surface area contributed by atoms with Gasteiger partial charge in [-0.2, -0.15) is 0 Å². The molecule has 6 nitrogen and oxygen atoms in total. The van der Waals surface area contributed by atoms with Gasteiger partial charge in [-0.1, -0.05) is 19.0 Å². The lowest BCUT2D eigenvalue weighted by atomic mass is 10.2. The molecule has 0 fully saturated rings. The minimum absolute atomic E-state index is 0.239. The summed E-state index contributed by atoms with van der Waals surface area (Å²) in [6, 6.07) is 1.73. The first-order valence-electron chi connectivity index (χ1n) is 6.27. The largest absolute Gasteiger partial charge is 0.384 e. The Morgan fingerprint density at radius 2 is 2.05 bits per heavy atom. The highest BCUT2D eigenvalue weighted by atomic mass is 16.5. The maximum atomic E-state index is 5.78. The van der Waals surface area contributed by atoms with Crippen LogP contribution >= 0.6 is 0 Å². The van der Waals surface area contributed by atoms with Gasteiger partial charge in [0, 0.05) is 24.1 Å². The van der Waals surface area contributed by atoms with Crippen LogP contribution in [0.15, 0.2) is 10.6 Å². The molecule has 2 aromatic rings. The third kappa shape index (κ3) is 3.01. The van der Waals surface area contributed by atoms with E-state index < -0.39 is 0 Å². The van der Waals surface area contributed by atoms with Gasteiger partial charge in [0.05, 0.1) is 5.69 Å². The lowest BCUT2D eigenvalue weighted by Gasteiger charge is -2.09. The van der Waals surface area contributed by atoms with Gasteiger partial charge in [0.25, 0.3) is 0 Å². The van der Waals surface area contributed by atoms with E-state index in [1.807, 2.05) is 27.7 Å². The Morgan fingerprint density at radius 3 is 2.63 bits per heavy atom. The lowest BCUT2D eigenvalue weighted by Crippen LogP contribution is -2.08. The molecule has 0 atom stereocenters. The summed E-state index contributed by atoms with van der Waals surface area (Å²) in [5.74, 6) is 2.98. The Balaban J connectivity index is 2.16. The quantitative estimate of drug-likeness (QED) is 0.878. The number of aromatic nitrogens is 3. The second-order valence-electron chi connectivity index (χ2n) is 4.85. The summed E-state index contributed by atoms with van der Waals surface area (Å²) in [6.07, 6.45) is 0. The van der Waals surface area contributed by atoms with Crippen LogP contribution in [-0.2, 0) is 6.54 Å². The van der Waals surface area contributed by atoms with E-state index >= 15 is 0 Å². The Labute approximate surface area is 112 Å². The van der Waals surface area contributed by atoms with Crippen molar-refractivity contribution >= 4 is 11.6 Å². The van der Waals surface area contributed by atoms with Crippen molar-refractivity contribution in [3.05, 3.63) is 28.9 Å². The number of anilines is 2. The van der Waals surface area contributed by atoms with E-state index in [0.717, 1.165) is 28.7 Å². The minimum Gasteiger partial charge on any atom is -0.384 e. The van der Waals surface area contributed by atoms with Gasteiger partial charge < -0.3 is 15.6 Å². The third-order valence-corrected chi connectivity index (χ3v) is 2.91. The standard InChI is InChI=1S/C13H19N5O/c1-7(2)13-16-11(14)5-12(17-13)15-6-10-8(3)18-19-9(10)4/h5,7H,6H2,1-4H3,(H3,14,15,16,17). The molecule has 0 aliphatic rings. The molecule has 0 amide bonds. The molecule has 0 unspecified atom stereocenters. The zero-order valence-corrected chi connectivity index (χ0v) is 11.7. The molecule has 0 saturated heterocycles. The predicted octanol–water partition coefficient (Wildman–Crippen LogP) is 2.40. The van der Waals surface area contributed by atoms with Crippen LogP contribution in [0.2, 0.25) is 0 Å². The average molecular weight is 261 g/mol. The molecule has 102 valence electrons. The van der Waals surface area contributed by atoms with E-state index in [4.69, 9.17) is 10.3 Å². The van der Waals surface area contributed by atoms with Crippen LogP contribution in [0.25, 0.3) is 0 Å². The van der Waals surface area contributed by atoms with E-state index in [-0.39, 0.29) is 5.92 Å². The molecule has 0 bridgehead atoms. The number of nitrogens with two attached hydrogens (primary N) is 1. The number of aryl methyl sites for hydroxylation is 2. The van der Waals surface area contributed by atoms with Gasteiger partial charge in [-0.15, -0.1) is 0 Å². The predicted molar refractivity (Wildman–Crippen MR) is 73.8 cm³/mol. The van der Waals surface area contributed by atoms with Crippen molar-refractivity contribution in [3.63, 3.8) is 0 Å². The molecule has 0 aromatic carbocycles. The van der Waals surface area contributed by atoms with E-state index in [9.17, 15) is 0 Å². The smallest absolute Gasteiger partial charge is 0.138 e. The minimum atomic E-state index is 0.239. The molecule has 0 spiro atoms. The third-order valence-electron chi connectivity index (χ3n) is 2.91. The van der Waals surface area contributed by atoms with Crippen molar-refractivity contribution in [3.8, 4) is 0 Å². The topological polar surface area (TPSA) is 89.9 Å². The molecular formula is C13H19N5O. The molecule has 0 aliphatic carbocycles. The van der Waals surface area contributed by atoms with Gasteiger partial charge in [-0.05, 0) is 13.8 Å². The summed E-state index contributed by atoms with van der Waals surface area (Å²) in [5, 5.41) is 7.15. The number of hydrogen-bond acceptors (Lipinski definition) is 6. The Kier molecular flexibility index (Phi) is 3.69. The van der Waals surface area contributed by atoms with Gasteiger partial charge in [0.2, 0.25) is 0 Å². The summed E-state index contributed by atoms with van der Waals surface area (Å²) in [7, 11) is 0. The Hall–Kier alpha value is -2.11. The first-order chi connectivity index (χ1) is 8.97. The highest BCUT2D eigenvalue weighted by molar-refractivity contribution is 5.45. The number of nitrogen functional groups attached to an aromatic ring is 1. The highest BCUT2D eigenvalue weighted by Gasteiger charge is 2.10. The van der Waals surface area contributed by atoms with Crippen LogP contribution in [0, 0.1) is 13.8 Å². The monoisotopic (exact) mass is 261 g/mol. The van der Waals surface area contributed by atoms with Crippen molar-refractivity contribution < 1.29 is 4.52 Å². The average Bonchev–Trinajstić information content (AvgIpc) is 2.66. The van der Waals surface area contributed by atoms with Gasteiger partial charge in [-0.25, -0.2) is 9.97 Å². The van der Waals surface area contributed by atoms with Crippen LogP contribution in [0.1, 0.15) is 42.6 Å². The maximum Gasteiger partial charge on any atom is 0.138 e. The van der Waals surface area contributed by atoms with Crippen molar-refractivity contribution in [2.75, 3.05) is 11.1 Å². The van der Waals surface area contributed by atoms with Gasteiger partial charge >= 0.3 is 0 Å². The first kappa shape index (κ1) is 13.3. The molecular weight excluding hydrogens is 242 g/mol. The van der Waals surface area contributed by atoms with Gasteiger partial charge in [0.1, 0.15) is 23.2 Å². The van der Waals surface area contributed by atoms with Crippen LogP contribution < -0.4 is 11.1 Å². The summed E-state index contributed by atoms with van der Waals surface area (Å²) < 4.78 is 5.12. The summed E-state index contributed by atoms with van der Waals surface area (Å²) >= 11 is 0. The Morgan fingerprint density at radius 1 is 1.32 bits per heavy atom. The SMILES string of the molecule is Cc1noc(C)c1CNc1cc(N)nc(C(C)C)n1. The molecule has 2 aromatic heterocycles. The molecule has 3 N–H and O–H groups in total. The van der Waals surface area contributed by atoms with Crippen molar-refractivity contribution in [1.29, 1.82) is 0 Å². The summed E-state index contributed by atoms with van der Waals surface area (Å²) in [4.78, 5) is 8.65. The van der Waals surface area contributed by atoms with E-state index in [1.54, 1.807) is 6.07 Å². The molecule has 6 heteroatoms. The number of nitrogens with zero attached hydrogens (tertiary/aromatic N) is 3. The zero-order valence-electron chi connectivity index (χ0n) is 11.7. The molecule has 19 heavy (non-hydrogen) atoms. The van der Waals surface area contributed by atoms with Crippen molar-refractivity contribution in [1.82, 2.24) is 15.1 Å². The van der Waals surface area contributed by atoms with E-state index in [0.29, 0.717) is 12.4 Å². The fourth-order valence-corrected chi connectivity index (χ4v) is 1.77.